The van der Waals surface area contributed by atoms with E-state index in [0.717, 1.165) is 30.0 Å². The van der Waals surface area contributed by atoms with Crippen LogP contribution in [0.2, 0.25) is 0 Å². The lowest BCUT2D eigenvalue weighted by Gasteiger charge is -2.18. The van der Waals surface area contributed by atoms with Crippen LogP contribution in [0.1, 0.15) is 68.0 Å². The molecule has 3 aromatic rings. The normalized spacial score (nSPS) is 15.5. The number of nitrogens with zero attached hydrogens (tertiary/aromatic N) is 5. The Balaban J connectivity index is 1.41. The van der Waals surface area contributed by atoms with Crippen molar-refractivity contribution in [3.63, 3.8) is 0 Å². The number of carbonyl (C=O) groups is 1. The third-order valence-corrected chi connectivity index (χ3v) is 7.73. The van der Waals surface area contributed by atoms with Crippen molar-refractivity contribution in [1.82, 2.24) is 25.0 Å². The number of nitrogens with two attached hydrogens (primary N) is 1. The van der Waals surface area contributed by atoms with Crippen molar-refractivity contribution in [1.29, 1.82) is 0 Å². The fourth-order valence-electron chi connectivity index (χ4n) is 4.06. The van der Waals surface area contributed by atoms with Crippen LogP contribution in [0.25, 0.3) is 0 Å². The Hall–Kier alpha value is -2.46. The average Bonchev–Trinajstić information content (AvgIpc) is 3.43. The molecule has 1 saturated carbocycles. The average molecular weight is 472 g/mol. The number of rotatable bonds is 9. The molecule has 4 rings (SSSR count). The second kappa shape index (κ2) is 10.9. The molecule has 0 spiro atoms. The quantitative estimate of drug-likeness (QED) is 0.436. The van der Waals surface area contributed by atoms with Crippen molar-refractivity contribution in [2.75, 3.05) is 16.8 Å². The van der Waals surface area contributed by atoms with E-state index in [1.807, 2.05) is 25.1 Å². The lowest BCUT2D eigenvalue weighted by molar-refractivity contribution is -0.119. The molecule has 2 heterocycles. The molecule has 8 nitrogen and oxygen atoms in total. The van der Waals surface area contributed by atoms with Crippen LogP contribution < -0.4 is 11.1 Å². The number of nitrogens with one attached hydrogen (secondary N) is 1. The van der Waals surface area contributed by atoms with Gasteiger partial charge in [-0.25, -0.2) is 0 Å². The summed E-state index contributed by atoms with van der Waals surface area (Å²) in [6.07, 6.45) is 7.54. The molecule has 0 aliphatic heterocycles. The zero-order chi connectivity index (χ0) is 22.3. The fourth-order valence-corrected chi connectivity index (χ4v) is 5.95. The summed E-state index contributed by atoms with van der Waals surface area (Å²) >= 11 is 3.04. The number of aromatic nitrogens is 5. The van der Waals surface area contributed by atoms with Crippen LogP contribution in [0.5, 0.6) is 0 Å². The van der Waals surface area contributed by atoms with Gasteiger partial charge in [0.05, 0.1) is 0 Å². The van der Waals surface area contributed by atoms with Gasteiger partial charge in [-0.1, -0.05) is 79.6 Å². The first-order valence-electron chi connectivity index (χ1n) is 11.2. The summed E-state index contributed by atoms with van der Waals surface area (Å²) in [7, 11) is 0. The lowest BCUT2D eigenvalue weighted by Crippen LogP contribution is -2.27. The molecule has 1 aromatic carbocycles. The Bertz CT molecular complexity index is 1010. The Morgan fingerprint density at radius 3 is 2.72 bits per heavy atom. The summed E-state index contributed by atoms with van der Waals surface area (Å²) in [5, 5.41) is 22.0. The highest BCUT2D eigenvalue weighted by atomic mass is 32.2. The summed E-state index contributed by atoms with van der Waals surface area (Å²) < 4.78 is 1.73. The first-order chi connectivity index (χ1) is 15.7. The van der Waals surface area contributed by atoms with Gasteiger partial charge in [-0.15, -0.1) is 20.4 Å². The van der Waals surface area contributed by atoms with E-state index in [1.165, 1.54) is 36.2 Å². The summed E-state index contributed by atoms with van der Waals surface area (Å²) in [4.78, 5) is 13.1. The number of amides is 1. The van der Waals surface area contributed by atoms with Gasteiger partial charge in [-0.3, -0.25) is 14.7 Å². The molecular formula is C22H29N7OS2. The molecule has 1 aliphatic rings. The fraction of sp³-hybridized carbons (Fsp3) is 0.500. The molecule has 1 unspecified atom stereocenters. The van der Waals surface area contributed by atoms with Crippen molar-refractivity contribution >= 4 is 40.1 Å². The lowest BCUT2D eigenvalue weighted by atomic mass is 9.90. The molecule has 32 heavy (non-hydrogen) atoms. The van der Waals surface area contributed by atoms with Crippen LogP contribution in [-0.4, -0.2) is 36.6 Å². The van der Waals surface area contributed by atoms with Crippen LogP contribution in [0, 0.1) is 0 Å². The van der Waals surface area contributed by atoms with E-state index in [0.29, 0.717) is 22.6 Å². The molecule has 1 fully saturated rings. The molecule has 0 saturated heterocycles. The number of carbonyl (C=O) groups excluding carboxylic acids is 1. The Morgan fingerprint density at radius 2 is 1.97 bits per heavy atom. The van der Waals surface area contributed by atoms with Crippen LogP contribution in [0.15, 0.2) is 35.5 Å². The maximum Gasteiger partial charge on any atom is 0.249 e. The van der Waals surface area contributed by atoms with Crippen LogP contribution >= 0.6 is 23.1 Å². The van der Waals surface area contributed by atoms with Gasteiger partial charge in [0.2, 0.25) is 17.0 Å². The number of aryl methyl sites for hydroxylation is 1. The second-order valence-electron chi connectivity index (χ2n) is 7.99. The maximum absolute atomic E-state index is 13.1. The Morgan fingerprint density at radius 1 is 1.19 bits per heavy atom. The van der Waals surface area contributed by atoms with Crippen molar-refractivity contribution in [2.45, 2.75) is 69.0 Å². The van der Waals surface area contributed by atoms with E-state index >= 15 is 0 Å². The highest BCUT2D eigenvalue weighted by Crippen LogP contribution is 2.35. The number of hydrogen-bond donors (Lipinski definition) is 2. The van der Waals surface area contributed by atoms with E-state index in [1.54, 1.807) is 16.3 Å². The van der Waals surface area contributed by atoms with Gasteiger partial charge in [-0.05, 0) is 31.2 Å². The van der Waals surface area contributed by atoms with Gasteiger partial charge in [0, 0.05) is 11.7 Å². The largest absolute Gasteiger partial charge is 0.368 e. The van der Waals surface area contributed by atoms with Gasteiger partial charge in [0.25, 0.3) is 0 Å². The summed E-state index contributed by atoms with van der Waals surface area (Å²) in [5.74, 6) is 1.36. The van der Waals surface area contributed by atoms with Crippen molar-refractivity contribution in [3.05, 3.63) is 40.9 Å². The third-order valence-electron chi connectivity index (χ3n) is 5.78. The van der Waals surface area contributed by atoms with E-state index in [-0.39, 0.29) is 11.9 Å². The van der Waals surface area contributed by atoms with Crippen LogP contribution in [0.4, 0.5) is 11.1 Å². The molecule has 0 bridgehead atoms. The molecule has 1 amide bonds. The second-order valence-corrected chi connectivity index (χ2v) is 10.1. The SMILES string of the molecule is CCC(C(=O)Nc1nnc(C2CCCCC2)s1)n1c(N)nnc1SCCc1ccccc1. The molecule has 1 atom stereocenters. The molecule has 2 aromatic heterocycles. The highest BCUT2D eigenvalue weighted by Gasteiger charge is 2.26. The van der Waals surface area contributed by atoms with E-state index < -0.39 is 6.04 Å². The summed E-state index contributed by atoms with van der Waals surface area (Å²) in [6, 6.07) is 9.77. The topological polar surface area (TPSA) is 112 Å². The predicted octanol–water partition coefficient (Wildman–Crippen LogP) is 4.68. The minimum atomic E-state index is -0.508. The zero-order valence-electron chi connectivity index (χ0n) is 18.2. The van der Waals surface area contributed by atoms with Crippen molar-refractivity contribution in [3.8, 4) is 0 Å². The smallest absolute Gasteiger partial charge is 0.249 e. The zero-order valence-corrected chi connectivity index (χ0v) is 19.9. The number of hydrogen-bond acceptors (Lipinski definition) is 8. The Kier molecular flexibility index (Phi) is 7.75. The first kappa shape index (κ1) is 22.7. The van der Waals surface area contributed by atoms with Crippen LogP contribution in [0.3, 0.4) is 0 Å². The summed E-state index contributed by atoms with van der Waals surface area (Å²) in [6.45, 7) is 1.95. The molecule has 0 radical (unpaired) electrons. The predicted molar refractivity (Wildman–Crippen MR) is 129 cm³/mol. The minimum Gasteiger partial charge on any atom is -0.368 e. The van der Waals surface area contributed by atoms with Gasteiger partial charge < -0.3 is 5.73 Å². The number of benzene rings is 1. The van der Waals surface area contributed by atoms with E-state index in [9.17, 15) is 4.79 Å². The molecule has 10 heteroatoms. The van der Waals surface area contributed by atoms with Gasteiger partial charge >= 0.3 is 0 Å². The van der Waals surface area contributed by atoms with Gasteiger partial charge in [0.15, 0.2) is 5.16 Å². The highest BCUT2D eigenvalue weighted by molar-refractivity contribution is 7.99. The third kappa shape index (κ3) is 5.47. The number of nitrogen functional groups attached to an aromatic ring is 1. The first-order valence-corrected chi connectivity index (χ1v) is 13.0. The van der Waals surface area contributed by atoms with E-state index in [4.69, 9.17) is 5.73 Å². The van der Waals surface area contributed by atoms with Gasteiger partial charge in [0.1, 0.15) is 11.0 Å². The molecule has 1 aliphatic carbocycles. The van der Waals surface area contributed by atoms with Gasteiger partial charge in [-0.2, -0.15) is 0 Å². The molecular weight excluding hydrogens is 442 g/mol. The molecule has 170 valence electrons. The summed E-state index contributed by atoms with van der Waals surface area (Å²) in [5.41, 5.74) is 7.36. The van der Waals surface area contributed by atoms with Crippen molar-refractivity contribution < 1.29 is 4.79 Å². The monoisotopic (exact) mass is 471 g/mol. The van der Waals surface area contributed by atoms with Crippen molar-refractivity contribution in [2.24, 2.45) is 0 Å². The minimum absolute atomic E-state index is 0.171. The van der Waals surface area contributed by atoms with Crippen LogP contribution in [-0.2, 0) is 11.2 Å². The standard InChI is InChI=1S/C22H29N7OS2/c1-2-17(18(30)24-21-27-25-19(32-21)16-11-7-4-8-12-16)29-20(23)26-28-22(29)31-14-13-15-9-5-3-6-10-15/h3,5-6,9-10,16-17H,2,4,7-8,11-14H2,1H3,(H2,23,26)(H,24,27,30). The maximum atomic E-state index is 13.1. The van der Waals surface area contributed by atoms with E-state index in [2.05, 4.69) is 37.8 Å². The number of anilines is 2. The number of thioether (sulfide) groups is 1. The molecule has 3 N–H and O–H groups in total. The Labute approximate surface area is 196 Å².